The highest BCUT2D eigenvalue weighted by Gasteiger charge is 2.20. The van der Waals surface area contributed by atoms with Crippen LogP contribution in [0.5, 0.6) is 0 Å². The van der Waals surface area contributed by atoms with Crippen LogP contribution < -0.4 is 5.32 Å². The maximum absolute atomic E-state index is 5.45. The molecule has 0 atom stereocenters. The summed E-state index contributed by atoms with van der Waals surface area (Å²) in [4.78, 5) is 0. The van der Waals surface area contributed by atoms with Crippen molar-refractivity contribution >= 4 is 0 Å². The molecule has 0 radical (unpaired) electrons. The first kappa shape index (κ1) is 11.5. The Hall–Kier alpha value is -0.940. The van der Waals surface area contributed by atoms with Gasteiger partial charge in [0.25, 0.3) is 0 Å². The average Bonchev–Trinajstić information content (AvgIpc) is 2.94. The average molecular weight is 225 g/mol. The van der Waals surface area contributed by atoms with Crippen LogP contribution in [0.25, 0.3) is 0 Å². The maximum Gasteiger partial charge on any atom is 0.242 e. The molecule has 0 unspecified atom stereocenters. The zero-order chi connectivity index (χ0) is 11.4. The summed E-state index contributed by atoms with van der Waals surface area (Å²) in [7, 11) is 0. The molecule has 0 amide bonds. The lowest BCUT2D eigenvalue weighted by molar-refractivity contribution is 0.0511. The van der Waals surface area contributed by atoms with Gasteiger partial charge in [0.2, 0.25) is 11.8 Å². The Bertz CT molecular complexity index is 321. The van der Waals surface area contributed by atoms with Crippen molar-refractivity contribution in [3.05, 3.63) is 11.8 Å². The Labute approximate surface area is 95.6 Å². The monoisotopic (exact) mass is 225 g/mol. The summed E-state index contributed by atoms with van der Waals surface area (Å²) in [6, 6.07) is 0.728. The van der Waals surface area contributed by atoms with E-state index in [1.165, 1.54) is 12.8 Å². The van der Waals surface area contributed by atoms with Crippen molar-refractivity contribution in [1.29, 1.82) is 0 Å². The molecule has 90 valence electrons. The van der Waals surface area contributed by atoms with Crippen molar-refractivity contribution in [3.8, 4) is 0 Å². The van der Waals surface area contributed by atoms with Crippen molar-refractivity contribution in [1.82, 2.24) is 15.5 Å². The Kier molecular flexibility index (Phi) is 3.90. The lowest BCUT2D eigenvalue weighted by atomic mass is 10.4. The third kappa shape index (κ3) is 3.90. The molecular formula is C11H19N3O2. The zero-order valence-electron chi connectivity index (χ0n) is 9.90. The molecule has 1 aliphatic carbocycles. The first-order valence-corrected chi connectivity index (χ1v) is 5.90. The second kappa shape index (κ2) is 5.41. The van der Waals surface area contributed by atoms with E-state index >= 15 is 0 Å². The second-order valence-corrected chi connectivity index (χ2v) is 4.43. The van der Waals surface area contributed by atoms with E-state index in [0.717, 1.165) is 19.0 Å². The minimum absolute atomic E-state index is 0.187. The topological polar surface area (TPSA) is 60.2 Å². The molecule has 1 heterocycles. The van der Waals surface area contributed by atoms with Gasteiger partial charge in [-0.1, -0.05) is 0 Å². The molecular weight excluding hydrogens is 206 g/mol. The van der Waals surface area contributed by atoms with Crippen LogP contribution in [0.15, 0.2) is 4.42 Å². The summed E-state index contributed by atoms with van der Waals surface area (Å²) in [6.07, 6.45) is 3.59. The largest absolute Gasteiger partial charge is 0.423 e. The molecule has 1 fully saturated rings. The highest BCUT2D eigenvalue weighted by molar-refractivity contribution is 4.85. The van der Waals surface area contributed by atoms with Gasteiger partial charge in [0, 0.05) is 19.0 Å². The summed E-state index contributed by atoms with van der Waals surface area (Å²) in [6.45, 7) is 5.28. The van der Waals surface area contributed by atoms with Gasteiger partial charge in [-0.2, -0.15) is 0 Å². The van der Waals surface area contributed by atoms with Crippen molar-refractivity contribution in [2.24, 2.45) is 0 Å². The van der Waals surface area contributed by atoms with Crippen LogP contribution in [0, 0.1) is 0 Å². The highest BCUT2D eigenvalue weighted by atomic mass is 16.5. The summed E-state index contributed by atoms with van der Waals surface area (Å²) >= 11 is 0. The molecule has 1 saturated carbocycles. The summed E-state index contributed by atoms with van der Waals surface area (Å²) in [5.41, 5.74) is 0. The van der Waals surface area contributed by atoms with Crippen LogP contribution >= 0.6 is 0 Å². The predicted octanol–water partition coefficient (Wildman–Crippen LogP) is 1.29. The van der Waals surface area contributed by atoms with Gasteiger partial charge in [0.1, 0.15) is 6.61 Å². The maximum atomic E-state index is 5.45. The number of ether oxygens (including phenoxy) is 1. The van der Waals surface area contributed by atoms with Crippen LogP contribution in [0.3, 0.4) is 0 Å². The molecule has 5 nitrogen and oxygen atoms in total. The van der Waals surface area contributed by atoms with Gasteiger partial charge >= 0.3 is 0 Å². The van der Waals surface area contributed by atoms with Gasteiger partial charge in [0.15, 0.2) is 0 Å². The SMILES string of the molecule is CC(C)OCc1nnc(CCNC2CC2)o1. The fourth-order valence-corrected chi connectivity index (χ4v) is 1.36. The van der Waals surface area contributed by atoms with Crippen molar-refractivity contribution < 1.29 is 9.15 Å². The van der Waals surface area contributed by atoms with Crippen molar-refractivity contribution in [2.75, 3.05) is 6.54 Å². The van der Waals surface area contributed by atoms with E-state index in [9.17, 15) is 0 Å². The van der Waals surface area contributed by atoms with Crippen LogP contribution in [0.2, 0.25) is 0 Å². The fraction of sp³-hybridized carbons (Fsp3) is 0.818. The van der Waals surface area contributed by atoms with Gasteiger partial charge in [-0.3, -0.25) is 0 Å². The molecule has 2 rings (SSSR count). The van der Waals surface area contributed by atoms with Gasteiger partial charge in [-0.25, -0.2) is 0 Å². The van der Waals surface area contributed by atoms with Gasteiger partial charge < -0.3 is 14.5 Å². The quantitative estimate of drug-likeness (QED) is 0.757. The molecule has 1 N–H and O–H groups in total. The number of rotatable bonds is 7. The number of aromatic nitrogens is 2. The molecule has 0 bridgehead atoms. The second-order valence-electron chi connectivity index (χ2n) is 4.43. The molecule has 1 aliphatic rings. The van der Waals surface area contributed by atoms with E-state index in [0.29, 0.717) is 18.4 Å². The first-order chi connectivity index (χ1) is 7.74. The van der Waals surface area contributed by atoms with E-state index in [-0.39, 0.29) is 6.10 Å². The van der Waals surface area contributed by atoms with Gasteiger partial charge in [-0.05, 0) is 26.7 Å². The van der Waals surface area contributed by atoms with E-state index in [4.69, 9.17) is 9.15 Å². The number of hydrogen-bond donors (Lipinski definition) is 1. The Balaban J connectivity index is 1.68. The molecule has 0 saturated heterocycles. The number of nitrogens with zero attached hydrogens (tertiary/aromatic N) is 2. The van der Waals surface area contributed by atoms with E-state index in [2.05, 4.69) is 15.5 Å². The van der Waals surface area contributed by atoms with Gasteiger partial charge in [-0.15, -0.1) is 10.2 Å². The highest BCUT2D eigenvalue weighted by Crippen LogP contribution is 2.18. The molecule has 16 heavy (non-hydrogen) atoms. The summed E-state index contributed by atoms with van der Waals surface area (Å²) < 4.78 is 10.8. The Morgan fingerprint density at radius 1 is 1.38 bits per heavy atom. The molecule has 5 heteroatoms. The van der Waals surface area contributed by atoms with Crippen LogP contribution in [-0.2, 0) is 17.8 Å². The van der Waals surface area contributed by atoms with Crippen molar-refractivity contribution in [2.45, 2.75) is 51.9 Å². The van der Waals surface area contributed by atoms with Crippen LogP contribution in [0.4, 0.5) is 0 Å². The molecule has 1 aromatic rings. The smallest absolute Gasteiger partial charge is 0.242 e. The molecule has 1 aromatic heterocycles. The number of nitrogens with one attached hydrogen (secondary N) is 1. The van der Waals surface area contributed by atoms with E-state index in [1.807, 2.05) is 13.8 Å². The summed E-state index contributed by atoms with van der Waals surface area (Å²) in [5, 5.41) is 11.3. The van der Waals surface area contributed by atoms with Gasteiger partial charge in [0.05, 0.1) is 6.10 Å². The lowest BCUT2D eigenvalue weighted by Gasteiger charge is -2.02. The normalized spacial score (nSPS) is 15.9. The minimum Gasteiger partial charge on any atom is -0.423 e. The Morgan fingerprint density at radius 2 is 2.12 bits per heavy atom. The standard InChI is InChI=1S/C11H19N3O2/c1-8(2)15-7-11-14-13-10(16-11)5-6-12-9-3-4-9/h8-9,12H,3-7H2,1-2H3. The van der Waals surface area contributed by atoms with Crippen molar-refractivity contribution in [3.63, 3.8) is 0 Å². The zero-order valence-corrected chi connectivity index (χ0v) is 9.90. The summed E-state index contributed by atoms with van der Waals surface area (Å²) in [5.74, 6) is 1.26. The van der Waals surface area contributed by atoms with E-state index < -0.39 is 0 Å². The van der Waals surface area contributed by atoms with Crippen LogP contribution in [0.1, 0.15) is 38.5 Å². The van der Waals surface area contributed by atoms with E-state index in [1.54, 1.807) is 0 Å². The molecule has 0 aliphatic heterocycles. The molecule has 0 spiro atoms. The fourth-order valence-electron chi connectivity index (χ4n) is 1.36. The minimum atomic E-state index is 0.187. The van der Waals surface area contributed by atoms with Crippen LogP contribution in [-0.4, -0.2) is 28.9 Å². The third-order valence-electron chi connectivity index (χ3n) is 2.40. The lowest BCUT2D eigenvalue weighted by Crippen LogP contribution is -2.19. The first-order valence-electron chi connectivity index (χ1n) is 5.90. The Morgan fingerprint density at radius 3 is 2.81 bits per heavy atom. The predicted molar refractivity (Wildman–Crippen MR) is 59.0 cm³/mol. The third-order valence-corrected chi connectivity index (χ3v) is 2.40. The number of hydrogen-bond acceptors (Lipinski definition) is 5. The molecule has 0 aromatic carbocycles.